The average molecular weight is 295 g/mol. The van der Waals surface area contributed by atoms with Crippen LogP contribution in [0.5, 0.6) is 0 Å². The van der Waals surface area contributed by atoms with E-state index in [0.29, 0.717) is 17.8 Å². The largest absolute Gasteiger partial charge is 0.478 e. The molecule has 7 heteroatoms. The minimum atomic E-state index is -1.01. The number of nitrogens with one attached hydrogen (secondary N) is 2. The van der Waals surface area contributed by atoms with Crippen molar-refractivity contribution in [1.82, 2.24) is 15.2 Å². The van der Waals surface area contributed by atoms with Crippen LogP contribution in [0.2, 0.25) is 0 Å². The summed E-state index contributed by atoms with van der Waals surface area (Å²) in [6, 6.07) is 0. The molecule has 1 fully saturated rings. The van der Waals surface area contributed by atoms with Gasteiger partial charge in [-0.25, -0.2) is 4.79 Å². The van der Waals surface area contributed by atoms with E-state index in [0.717, 1.165) is 32.8 Å². The van der Waals surface area contributed by atoms with E-state index in [1.165, 1.54) is 0 Å². The number of carbonyl (C=O) groups excluding carboxylic acids is 1. The van der Waals surface area contributed by atoms with Crippen molar-refractivity contribution in [1.29, 1.82) is 0 Å². The van der Waals surface area contributed by atoms with Crippen molar-refractivity contribution in [2.45, 2.75) is 13.3 Å². The third kappa shape index (κ3) is 4.30. The van der Waals surface area contributed by atoms with Crippen LogP contribution in [0.25, 0.3) is 0 Å². The van der Waals surface area contributed by atoms with Crippen molar-refractivity contribution >= 4 is 11.9 Å². The minimum Gasteiger partial charge on any atom is -0.478 e. The molecule has 2 rings (SSSR count). The maximum Gasteiger partial charge on any atom is 0.337 e. The van der Waals surface area contributed by atoms with E-state index >= 15 is 0 Å². The van der Waals surface area contributed by atoms with Crippen molar-refractivity contribution in [3.8, 4) is 0 Å². The third-order valence-corrected chi connectivity index (χ3v) is 3.56. The van der Waals surface area contributed by atoms with Crippen molar-refractivity contribution in [2.75, 3.05) is 39.4 Å². The van der Waals surface area contributed by atoms with Crippen molar-refractivity contribution < 1.29 is 19.4 Å². The summed E-state index contributed by atoms with van der Waals surface area (Å²) in [4.78, 5) is 28.1. The van der Waals surface area contributed by atoms with Gasteiger partial charge in [0.2, 0.25) is 5.91 Å². The van der Waals surface area contributed by atoms with Gasteiger partial charge in [-0.15, -0.1) is 0 Å². The molecule has 1 saturated heterocycles. The first-order chi connectivity index (χ1) is 10.1. The van der Waals surface area contributed by atoms with E-state index in [4.69, 9.17) is 9.84 Å². The minimum absolute atomic E-state index is 0.0542. The first kappa shape index (κ1) is 15.5. The van der Waals surface area contributed by atoms with Gasteiger partial charge >= 0.3 is 5.97 Å². The summed E-state index contributed by atoms with van der Waals surface area (Å²) < 4.78 is 5.26. The molecule has 0 bridgehead atoms. The number of aromatic nitrogens is 1. The fourth-order valence-corrected chi connectivity index (χ4v) is 2.42. The number of aromatic amines is 1. The Morgan fingerprint density at radius 2 is 2.14 bits per heavy atom. The number of ether oxygens (including phenoxy) is 1. The molecule has 7 nitrogen and oxygen atoms in total. The molecule has 0 aromatic carbocycles. The Hall–Kier alpha value is -1.86. The van der Waals surface area contributed by atoms with Gasteiger partial charge in [0.05, 0.1) is 25.2 Å². The summed E-state index contributed by atoms with van der Waals surface area (Å²) >= 11 is 0. The maximum absolute atomic E-state index is 11.9. The van der Waals surface area contributed by atoms with E-state index in [2.05, 4.69) is 15.2 Å². The Bertz CT molecular complexity index is 506. The van der Waals surface area contributed by atoms with Gasteiger partial charge < -0.3 is 20.1 Å². The second kappa shape index (κ2) is 7.24. The molecule has 0 aliphatic carbocycles. The molecule has 1 aromatic rings. The summed E-state index contributed by atoms with van der Waals surface area (Å²) in [5, 5.41) is 11.9. The Labute approximate surface area is 123 Å². The number of rotatable bonds is 6. The summed E-state index contributed by atoms with van der Waals surface area (Å²) in [5.74, 6) is -1.18. The first-order valence-corrected chi connectivity index (χ1v) is 7.05. The monoisotopic (exact) mass is 295 g/mol. The number of hydrogen-bond acceptors (Lipinski definition) is 4. The van der Waals surface area contributed by atoms with E-state index < -0.39 is 5.97 Å². The quantitative estimate of drug-likeness (QED) is 0.687. The smallest absolute Gasteiger partial charge is 0.337 e. The van der Waals surface area contributed by atoms with Crippen LogP contribution in [0.15, 0.2) is 6.20 Å². The van der Waals surface area contributed by atoms with Crippen LogP contribution in [0.3, 0.4) is 0 Å². The lowest BCUT2D eigenvalue weighted by atomic mass is 10.1. The van der Waals surface area contributed by atoms with E-state index in [-0.39, 0.29) is 17.9 Å². The zero-order valence-electron chi connectivity index (χ0n) is 12.1. The number of aromatic carboxylic acids is 1. The van der Waals surface area contributed by atoms with Gasteiger partial charge in [-0.1, -0.05) is 0 Å². The van der Waals surface area contributed by atoms with Gasteiger partial charge in [0.15, 0.2) is 0 Å². The van der Waals surface area contributed by atoms with Gasteiger partial charge in [-0.2, -0.15) is 0 Å². The van der Waals surface area contributed by atoms with E-state index in [9.17, 15) is 9.59 Å². The predicted octanol–water partition coefficient (Wildman–Crippen LogP) is 0.0122. The molecule has 1 aliphatic heterocycles. The molecule has 3 N–H and O–H groups in total. The molecule has 0 unspecified atom stereocenters. The Balaban J connectivity index is 1.78. The van der Waals surface area contributed by atoms with Gasteiger partial charge in [-0.05, 0) is 12.5 Å². The van der Waals surface area contributed by atoms with E-state index in [1.807, 2.05) is 0 Å². The zero-order chi connectivity index (χ0) is 15.2. The average Bonchev–Trinajstić information content (AvgIpc) is 2.81. The molecular formula is C14H21N3O4. The molecule has 0 radical (unpaired) electrons. The highest BCUT2D eigenvalue weighted by atomic mass is 16.5. The summed E-state index contributed by atoms with van der Waals surface area (Å²) in [5.41, 5.74) is 1.28. The molecule has 0 atom stereocenters. The van der Waals surface area contributed by atoms with E-state index in [1.54, 1.807) is 13.1 Å². The topological polar surface area (TPSA) is 94.7 Å². The van der Waals surface area contributed by atoms with Crippen LogP contribution in [0, 0.1) is 6.92 Å². The highest BCUT2D eigenvalue weighted by Gasteiger charge is 2.17. The van der Waals surface area contributed by atoms with Crippen molar-refractivity contribution in [2.24, 2.45) is 0 Å². The number of carboxylic acid groups (broad SMARTS) is 1. The normalized spacial score (nSPS) is 15.9. The number of hydrogen-bond donors (Lipinski definition) is 3. The van der Waals surface area contributed by atoms with Crippen LogP contribution in [-0.2, 0) is 16.0 Å². The maximum atomic E-state index is 11.9. The third-order valence-electron chi connectivity index (χ3n) is 3.56. The molecular weight excluding hydrogens is 274 g/mol. The van der Waals surface area contributed by atoms with Gasteiger partial charge in [-0.3, -0.25) is 9.69 Å². The van der Waals surface area contributed by atoms with Crippen LogP contribution < -0.4 is 5.32 Å². The molecule has 0 spiro atoms. The number of morpholine rings is 1. The van der Waals surface area contributed by atoms with Crippen LogP contribution in [0.4, 0.5) is 0 Å². The van der Waals surface area contributed by atoms with Gasteiger partial charge in [0, 0.05) is 38.1 Å². The Morgan fingerprint density at radius 1 is 1.43 bits per heavy atom. The van der Waals surface area contributed by atoms with Crippen LogP contribution in [0.1, 0.15) is 21.6 Å². The number of carboxylic acids is 1. The lowest BCUT2D eigenvalue weighted by Gasteiger charge is -2.26. The molecule has 0 saturated carbocycles. The van der Waals surface area contributed by atoms with Crippen molar-refractivity contribution in [3.05, 3.63) is 23.0 Å². The second-order valence-corrected chi connectivity index (χ2v) is 5.11. The first-order valence-electron chi connectivity index (χ1n) is 7.05. The molecule has 116 valence electrons. The highest BCUT2D eigenvalue weighted by Crippen LogP contribution is 2.13. The Kier molecular flexibility index (Phi) is 5.35. The van der Waals surface area contributed by atoms with Crippen LogP contribution in [-0.4, -0.2) is 66.3 Å². The standard InChI is InChI=1S/C14H21N3O4/c1-10-9-16-11(13(10)14(19)20)8-12(18)15-2-3-17-4-6-21-7-5-17/h9,16H,2-8H2,1H3,(H,15,18)(H,19,20). The zero-order valence-corrected chi connectivity index (χ0v) is 12.1. The van der Waals surface area contributed by atoms with Gasteiger partial charge in [0.1, 0.15) is 0 Å². The predicted molar refractivity (Wildman–Crippen MR) is 76.5 cm³/mol. The lowest BCUT2D eigenvalue weighted by Crippen LogP contribution is -2.41. The molecule has 1 aliphatic rings. The number of carbonyl (C=O) groups is 2. The number of aryl methyl sites for hydroxylation is 1. The highest BCUT2D eigenvalue weighted by molar-refractivity contribution is 5.92. The summed E-state index contributed by atoms with van der Waals surface area (Å²) in [6.45, 7) is 6.28. The molecule has 1 amide bonds. The molecule has 2 heterocycles. The van der Waals surface area contributed by atoms with Gasteiger partial charge in [0.25, 0.3) is 0 Å². The number of nitrogens with zero attached hydrogens (tertiary/aromatic N) is 1. The van der Waals surface area contributed by atoms with Crippen LogP contribution >= 0.6 is 0 Å². The lowest BCUT2D eigenvalue weighted by molar-refractivity contribution is -0.120. The Morgan fingerprint density at radius 3 is 2.81 bits per heavy atom. The fraction of sp³-hybridized carbons (Fsp3) is 0.571. The number of H-pyrrole nitrogens is 1. The fourth-order valence-electron chi connectivity index (χ4n) is 2.42. The molecule has 21 heavy (non-hydrogen) atoms. The molecule has 1 aromatic heterocycles. The SMILES string of the molecule is Cc1c[nH]c(CC(=O)NCCN2CCOCC2)c1C(=O)O. The number of amides is 1. The second-order valence-electron chi connectivity index (χ2n) is 5.11. The van der Waals surface area contributed by atoms with Crippen molar-refractivity contribution in [3.63, 3.8) is 0 Å². The summed E-state index contributed by atoms with van der Waals surface area (Å²) in [6.07, 6.45) is 1.67. The summed E-state index contributed by atoms with van der Waals surface area (Å²) in [7, 11) is 0.